The van der Waals surface area contributed by atoms with E-state index in [2.05, 4.69) is 27.5 Å². The Hall–Kier alpha value is -7.51. The minimum Gasteiger partial charge on any atom is -0.508 e. The van der Waals surface area contributed by atoms with Crippen LogP contribution in [-0.2, 0) is 9.59 Å². The van der Waals surface area contributed by atoms with Crippen LogP contribution in [0.3, 0.4) is 0 Å². The number of benzene rings is 5. The highest BCUT2D eigenvalue weighted by Crippen LogP contribution is 2.45. The van der Waals surface area contributed by atoms with Gasteiger partial charge >= 0.3 is 0 Å². The fourth-order valence-electron chi connectivity index (χ4n) is 5.85. The smallest absolute Gasteiger partial charge is 0.263 e. The van der Waals surface area contributed by atoms with Crippen LogP contribution in [-0.4, -0.2) is 53.1 Å². The summed E-state index contributed by atoms with van der Waals surface area (Å²) in [6, 6.07) is 31.0. The molecule has 4 amide bonds. The van der Waals surface area contributed by atoms with Gasteiger partial charge in [0, 0.05) is 22.3 Å². The van der Waals surface area contributed by atoms with E-state index in [9.17, 15) is 24.3 Å². The first-order chi connectivity index (χ1) is 26.6. The molecule has 1 heterocycles. The minimum atomic E-state index is -0.810. The highest BCUT2D eigenvalue weighted by atomic mass is 16.5. The molecule has 6 rings (SSSR count). The lowest BCUT2D eigenvalue weighted by molar-refractivity contribution is -0.123. The van der Waals surface area contributed by atoms with Gasteiger partial charge in [0.05, 0.1) is 6.17 Å². The summed E-state index contributed by atoms with van der Waals surface area (Å²) in [4.78, 5) is 54.8. The Kier molecular flexibility index (Phi) is 11.4. The molecule has 1 unspecified atom stereocenters. The standard InChI is InChI=1S/C42H36N6O7/c1-2-3-13-34(43)45-37(50)23-54-32-18-16-25-9-4-6-11-30(25)39(32)40-31-12-7-5-10-26(31)17-19-33(40)55-24-38(51)47-35-14-8-15-36(46-35)48-42(53)28-20-27(41(44)52)21-29(49)22-28/h2-22,34,49H,1,23-24,43H2,(H2,44,52)(H,45,50)(H2,46,47,48,51,53)/b13-3-. The van der Waals surface area contributed by atoms with Crippen molar-refractivity contribution in [1.82, 2.24) is 10.3 Å². The molecule has 13 nitrogen and oxygen atoms in total. The van der Waals surface area contributed by atoms with Crippen molar-refractivity contribution in [3.05, 3.63) is 145 Å². The van der Waals surface area contributed by atoms with Gasteiger partial charge in [0.25, 0.3) is 17.7 Å². The average molecular weight is 737 g/mol. The van der Waals surface area contributed by atoms with Crippen molar-refractivity contribution in [2.45, 2.75) is 6.17 Å². The molecule has 1 aromatic heterocycles. The van der Waals surface area contributed by atoms with Crippen LogP contribution in [0.5, 0.6) is 17.2 Å². The van der Waals surface area contributed by atoms with Crippen molar-refractivity contribution < 1.29 is 33.8 Å². The molecule has 8 N–H and O–H groups in total. The van der Waals surface area contributed by atoms with Crippen molar-refractivity contribution in [1.29, 1.82) is 0 Å². The highest BCUT2D eigenvalue weighted by molar-refractivity contribution is 6.10. The summed E-state index contributed by atoms with van der Waals surface area (Å²) in [5, 5.41) is 21.3. The number of nitrogens with zero attached hydrogens (tertiary/aromatic N) is 1. The van der Waals surface area contributed by atoms with E-state index in [1.54, 1.807) is 36.4 Å². The number of carbonyl (C=O) groups is 4. The van der Waals surface area contributed by atoms with Crippen molar-refractivity contribution in [3.8, 4) is 28.4 Å². The van der Waals surface area contributed by atoms with Gasteiger partial charge in [-0.25, -0.2) is 4.98 Å². The van der Waals surface area contributed by atoms with Gasteiger partial charge in [-0.2, -0.15) is 0 Å². The predicted octanol–water partition coefficient (Wildman–Crippen LogP) is 5.65. The summed E-state index contributed by atoms with van der Waals surface area (Å²) < 4.78 is 12.4. The van der Waals surface area contributed by atoms with E-state index in [0.29, 0.717) is 22.6 Å². The number of nitrogens with two attached hydrogens (primary N) is 2. The predicted molar refractivity (Wildman–Crippen MR) is 211 cm³/mol. The molecule has 1 atom stereocenters. The van der Waals surface area contributed by atoms with Crippen LogP contribution in [0.25, 0.3) is 32.7 Å². The zero-order valence-corrected chi connectivity index (χ0v) is 29.3. The molecular weight excluding hydrogens is 700 g/mol. The number of nitrogens with one attached hydrogen (secondary N) is 3. The number of fused-ring (bicyclic) bond motifs is 2. The number of hydrogen-bond donors (Lipinski definition) is 6. The van der Waals surface area contributed by atoms with Crippen LogP contribution < -0.4 is 36.9 Å². The Labute approximate surface area is 315 Å². The number of phenols is 1. The summed E-state index contributed by atoms with van der Waals surface area (Å²) in [5.74, 6) is -1.74. The number of aromatic hydroxyl groups is 1. The molecule has 0 spiro atoms. The Bertz CT molecular complexity index is 2480. The second kappa shape index (κ2) is 16.9. The number of anilines is 2. The summed E-state index contributed by atoms with van der Waals surface area (Å²) in [7, 11) is 0. The second-order valence-corrected chi connectivity index (χ2v) is 12.2. The van der Waals surface area contributed by atoms with Crippen LogP contribution in [0.2, 0.25) is 0 Å². The van der Waals surface area contributed by atoms with Gasteiger partial charge in [-0.3, -0.25) is 19.2 Å². The summed E-state index contributed by atoms with van der Waals surface area (Å²) in [5.41, 5.74) is 12.5. The topological polar surface area (TPSA) is 208 Å². The van der Waals surface area contributed by atoms with Crippen LogP contribution in [0.15, 0.2) is 134 Å². The van der Waals surface area contributed by atoms with Gasteiger partial charge in [-0.15, -0.1) is 0 Å². The number of hydrogen-bond acceptors (Lipinski definition) is 9. The number of carbonyl (C=O) groups excluding carboxylic acids is 4. The van der Waals surface area contributed by atoms with E-state index >= 15 is 0 Å². The summed E-state index contributed by atoms with van der Waals surface area (Å²) in [6.07, 6.45) is 4.05. The number of rotatable bonds is 14. The molecule has 276 valence electrons. The minimum absolute atomic E-state index is 0.0199. The number of amides is 4. The Balaban J connectivity index is 1.24. The lowest BCUT2D eigenvalue weighted by Crippen LogP contribution is -2.42. The largest absolute Gasteiger partial charge is 0.508 e. The van der Waals surface area contributed by atoms with Gasteiger partial charge in [0.2, 0.25) is 5.91 Å². The summed E-state index contributed by atoms with van der Waals surface area (Å²) >= 11 is 0. The van der Waals surface area contributed by atoms with Crippen molar-refractivity contribution >= 4 is 56.8 Å². The van der Waals surface area contributed by atoms with Crippen molar-refractivity contribution in [2.24, 2.45) is 11.5 Å². The van der Waals surface area contributed by atoms with Crippen molar-refractivity contribution in [3.63, 3.8) is 0 Å². The third kappa shape index (κ3) is 9.11. The first kappa shape index (κ1) is 37.3. The van der Waals surface area contributed by atoms with E-state index in [-0.39, 0.29) is 35.1 Å². The van der Waals surface area contributed by atoms with Crippen LogP contribution in [0.1, 0.15) is 20.7 Å². The third-order valence-corrected chi connectivity index (χ3v) is 8.25. The molecule has 0 aliphatic carbocycles. The van der Waals surface area contributed by atoms with Gasteiger partial charge in [0.15, 0.2) is 13.2 Å². The molecule has 0 aliphatic rings. The zero-order chi connectivity index (χ0) is 38.9. The Morgan fingerprint density at radius 2 is 1.29 bits per heavy atom. The average Bonchev–Trinajstić information content (AvgIpc) is 3.18. The maximum absolute atomic E-state index is 13.3. The molecule has 0 bridgehead atoms. The number of pyridine rings is 1. The molecule has 0 aliphatic heterocycles. The van der Waals surface area contributed by atoms with E-state index in [0.717, 1.165) is 27.6 Å². The fraction of sp³-hybridized carbons (Fsp3) is 0.0714. The van der Waals surface area contributed by atoms with Gasteiger partial charge in [-0.05, 0) is 70.1 Å². The maximum Gasteiger partial charge on any atom is 0.263 e. The van der Waals surface area contributed by atoms with Crippen LogP contribution >= 0.6 is 0 Å². The molecule has 0 radical (unpaired) electrons. The van der Waals surface area contributed by atoms with E-state index in [1.165, 1.54) is 24.3 Å². The Morgan fingerprint density at radius 3 is 1.89 bits per heavy atom. The van der Waals surface area contributed by atoms with Crippen LogP contribution in [0, 0.1) is 0 Å². The first-order valence-corrected chi connectivity index (χ1v) is 17.0. The number of phenolic OH excluding ortho intramolecular Hbond substituents is 1. The monoisotopic (exact) mass is 736 g/mol. The van der Waals surface area contributed by atoms with Crippen molar-refractivity contribution in [2.75, 3.05) is 23.8 Å². The number of allylic oxidation sites excluding steroid dienone is 2. The molecule has 0 saturated heterocycles. The quantitative estimate of drug-likeness (QED) is 0.0602. The first-order valence-electron chi connectivity index (χ1n) is 17.0. The van der Waals surface area contributed by atoms with E-state index in [4.69, 9.17) is 20.9 Å². The number of primary amides is 1. The molecule has 0 fully saturated rings. The van der Waals surface area contributed by atoms with Gasteiger partial charge in [0.1, 0.15) is 28.9 Å². The molecule has 6 aromatic rings. The SMILES string of the molecule is C=C/C=C\C(N)NC(=O)COc1ccc2ccccc2c1-c1c(OCC(=O)Nc2cccc(NC(=O)c3cc(O)cc(C(N)=O)c3)n2)ccc2ccccc12. The maximum atomic E-state index is 13.3. The van der Waals surface area contributed by atoms with Gasteiger partial charge in [-0.1, -0.05) is 85.5 Å². The molecule has 5 aromatic carbocycles. The second-order valence-electron chi connectivity index (χ2n) is 12.2. The fourth-order valence-corrected chi connectivity index (χ4v) is 5.85. The van der Waals surface area contributed by atoms with Gasteiger partial charge < -0.3 is 42.0 Å². The lowest BCUT2D eigenvalue weighted by Gasteiger charge is -2.20. The number of ether oxygens (including phenoxy) is 2. The Morgan fingerprint density at radius 1 is 0.727 bits per heavy atom. The van der Waals surface area contributed by atoms with E-state index in [1.807, 2.05) is 60.7 Å². The molecular formula is C42H36N6O7. The third-order valence-electron chi connectivity index (χ3n) is 8.25. The molecule has 13 heteroatoms. The van der Waals surface area contributed by atoms with E-state index < -0.39 is 36.4 Å². The molecule has 55 heavy (non-hydrogen) atoms. The summed E-state index contributed by atoms with van der Waals surface area (Å²) in [6.45, 7) is 2.87. The number of aromatic nitrogens is 1. The normalized spacial score (nSPS) is 11.5. The van der Waals surface area contributed by atoms with Crippen LogP contribution in [0.4, 0.5) is 11.6 Å². The highest BCUT2D eigenvalue weighted by Gasteiger charge is 2.21. The molecule has 0 saturated carbocycles. The lowest BCUT2D eigenvalue weighted by atomic mass is 9.92. The zero-order valence-electron chi connectivity index (χ0n) is 29.3.